The zero-order valence-electron chi connectivity index (χ0n) is 23.6. The Kier molecular flexibility index (Phi) is 10.6. The predicted octanol–water partition coefficient (Wildman–Crippen LogP) is 4.68. The lowest BCUT2D eigenvalue weighted by Gasteiger charge is -2.33. The Bertz CT molecular complexity index is 1430. The molecule has 1 aromatic carbocycles. The average molecular weight is 565 g/mol. The number of nitrogens with one attached hydrogen (secondary N) is 1. The molecule has 41 heavy (non-hydrogen) atoms. The third kappa shape index (κ3) is 6.56. The van der Waals surface area contributed by atoms with Crippen molar-refractivity contribution in [1.82, 2.24) is 20.2 Å². The molecule has 1 unspecified atom stereocenters. The molecule has 216 valence electrons. The summed E-state index contributed by atoms with van der Waals surface area (Å²) in [7, 11) is 1.52. The summed E-state index contributed by atoms with van der Waals surface area (Å²) in [5, 5.41) is 13.1. The zero-order chi connectivity index (χ0) is 30.1. The topological polar surface area (TPSA) is 111 Å². The van der Waals surface area contributed by atoms with Gasteiger partial charge in [-0.25, -0.2) is 13.8 Å². The van der Waals surface area contributed by atoms with Crippen molar-refractivity contribution in [2.75, 3.05) is 25.0 Å². The molecule has 0 aliphatic carbocycles. The average Bonchev–Trinajstić information content (AvgIpc) is 2.96. The number of benzene rings is 1. The summed E-state index contributed by atoms with van der Waals surface area (Å²) < 4.78 is 30.8. The molecule has 0 saturated heterocycles. The second kappa shape index (κ2) is 14.1. The first-order valence-electron chi connectivity index (χ1n) is 13.1. The van der Waals surface area contributed by atoms with Crippen LogP contribution < -0.4 is 10.2 Å². The van der Waals surface area contributed by atoms with Crippen molar-refractivity contribution in [3.05, 3.63) is 77.6 Å². The summed E-state index contributed by atoms with van der Waals surface area (Å²) in [6.07, 6.45) is 5.48. The molecule has 0 radical (unpaired) electrons. The SMILES string of the molecule is C=CCCN(C(=NC)c1cc(F)c(-c2c(O)cccc2F)nc1N(C=O)c1c(C)ccnc1CC)C(C)CNC=O. The number of hydrogen-bond acceptors (Lipinski definition) is 6. The third-order valence-corrected chi connectivity index (χ3v) is 6.62. The molecule has 11 heteroatoms. The summed E-state index contributed by atoms with van der Waals surface area (Å²) >= 11 is 0. The van der Waals surface area contributed by atoms with Crippen LogP contribution in [0.4, 0.5) is 20.3 Å². The van der Waals surface area contributed by atoms with Crippen molar-refractivity contribution in [1.29, 1.82) is 0 Å². The van der Waals surface area contributed by atoms with E-state index in [0.717, 1.165) is 12.1 Å². The minimum absolute atomic E-state index is 0.0374. The number of aliphatic imine (C=N–C) groups is 1. The van der Waals surface area contributed by atoms with Gasteiger partial charge < -0.3 is 15.3 Å². The summed E-state index contributed by atoms with van der Waals surface area (Å²) in [5.74, 6) is -2.08. The molecule has 1 atom stereocenters. The van der Waals surface area contributed by atoms with Gasteiger partial charge in [-0.3, -0.25) is 24.5 Å². The smallest absolute Gasteiger partial charge is 0.219 e. The fourth-order valence-electron chi connectivity index (χ4n) is 4.65. The van der Waals surface area contributed by atoms with Crippen molar-refractivity contribution >= 4 is 30.2 Å². The number of aryl methyl sites for hydroxylation is 2. The van der Waals surface area contributed by atoms with Gasteiger partial charge in [-0.05, 0) is 56.5 Å². The molecule has 0 saturated carbocycles. The Morgan fingerprint density at radius 2 is 2.00 bits per heavy atom. The maximum absolute atomic E-state index is 15.9. The van der Waals surface area contributed by atoms with E-state index in [1.807, 2.05) is 18.7 Å². The highest BCUT2D eigenvalue weighted by molar-refractivity contribution is 6.06. The van der Waals surface area contributed by atoms with E-state index in [1.54, 1.807) is 25.3 Å². The number of aromatic hydroxyl groups is 1. The largest absolute Gasteiger partial charge is 0.507 e. The lowest BCUT2D eigenvalue weighted by atomic mass is 10.0. The van der Waals surface area contributed by atoms with Gasteiger partial charge in [0.05, 0.1) is 22.5 Å². The second-order valence-electron chi connectivity index (χ2n) is 9.27. The van der Waals surface area contributed by atoms with E-state index in [-0.39, 0.29) is 29.8 Å². The molecule has 0 aliphatic rings. The predicted molar refractivity (Wildman–Crippen MR) is 155 cm³/mol. The van der Waals surface area contributed by atoms with E-state index in [9.17, 15) is 19.1 Å². The fraction of sp³-hybridized carbons (Fsp3) is 0.300. The molecule has 3 aromatic rings. The van der Waals surface area contributed by atoms with Crippen LogP contribution in [-0.4, -0.2) is 64.8 Å². The fourth-order valence-corrected chi connectivity index (χ4v) is 4.65. The molecule has 0 spiro atoms. The second-order valence-corrected chi connectivity index (χ2v) is 9.27. The number of carbonyl (C=O) groups excluding carboxylic acids is 2. The first-order chi connectivity index (χ1) is 19.7. The number of carbonyl (C=O) groups is 2. The molecular weight excluding hydrogens is 530 g/mol. The Hall–Kier alpha value is -4.67. The van der Waals surface area contributed by atoms with Crippen LogP contribution in [-0.2, 0) is 16.0 Å². The van der Waals surface area contributed by atoms with E-state index in [2.05, 4.69) is 26.9 Å². The van der Waals surface area contributed by atoms with Gasteiger partial charge in [0.25, 0.3) is 0 Å². The van der Waals surface area contributed by atoms with Crippen LogP contribution in [0, 0.1) is 18.6 Å². The lowest BCUT2D eigenvalue weighted by molar-refractivity contribution is -0.109. The van der Waals surface area contributed by atoms with E-state index in [0.29, 0.717) is 49.2 Å². The minimum atomic E-state index is -0.933. The molecule has 2 aromatic heterocycles. The summed E-state index contributed by atoms with van der Waals surface area (Å²) in [6.45, 7) is 9.99. The molecule has 2 heterocycles. The van der Waals surface area contributed by atoms with Crippen LogP contribution in [0.25, 0.3) is 11.3 Å². The maximum Gasteiger partial charge on any atom is 0.219 e. The van der Waals surface area contributed by atoms with Crippen molar-refractivity contribution in [3.63, 3.8) is 0 Å². The monoisotopic (exact) mass is 564 g/mol. The number of pyridine rings is 2. The van der Waals surface area contributed by atoms with Gasteiger partial charge in [-0.15, -0.1) is 6.58 Å². The normalized spacial score (nSPS) is 12.0. The van der Waals surface area contributed by atoms with E-state index in [4.69, 9.17) is 0 Å². The highest BCUT2D eigenvalue weighted by Crippen LogP contribution is 2.38. The molecule has 2 N–H and O–H groups in total. The highest BCUT2D eigenvalue weighted by Gasteiger charge is 2.30. The number of amidine groups is 1. The molecular formula is C30H34F2N6O3. The van der Waals surface area contributed by atoms with Gasteiger partial charge in [0.1, 0.15) is 23.1 Å². The standard InChI is InChI=1S/C30H34F2N6O3/c1-6-8-14-37(20(4)16-34-17-39)29(33-5)21-15-23(32)27(26-22(31)10-9-11-25(26)41)36-30(21)38(18-40)28-19(3)12-13-35-24(28)7-2/h6,9-13,15,17-18,20,41H,1,7-8,14,16H2,2-5H3,(H,34,39). The lowest BCUT2D eigenvalue weighted by Crippen LogP contribution is -2.45. The summed E-state index contributed by atoms with van der Waals surface area (Å²) in [6, 6.07) is 6.15. The number of phenols is 1. The van der Waals surface area contributed by atoms with Gasteiger partial charge in [-0.1, -0.05) is 19.1 Å². The van der Waals surface area contributed by atoms with E-state index >= 15 is 4.39 Å². The Morgan fingerprint density at radius 1 is 1.24 bits per heavy atom. The molecule has 0 fully saturated rings. The van der Waals surface area contributed by atoms with Crippen molar-refractivity contribution in [3.8, 4) is 17.0 Å². The van der Waals surface area contributed by atoms with Crippen LogP contribution in [0.1, 0.15) is 37.1 Å². The molecule has 9 nitrogen and oxygen atoms in total. The van der Waals surface area contributed by atoms with Gasteiger partial charge in [-0.2, -0.15) is 0 Å². The van der Waals surface area contributed by atoms with Crippen LogP contribution in [0.15, 0.2) is 54.2 Å². The number of anilines is 2. The van der Waals surface area contributed by atoms with E-state index in [1.165, 1.54) is 24.1 Å². The van der Waals surface area contributed by atoms with Crippen molar-refractivity contribution in [2.45, 2.75) is 39.7 Å². The molecule has 0 aliphatic heterocycles. The van der Waals surface area contributed by atoms with E-state index < -0.39 is 28.6 Å². The van der Waals surface area contributed by atoms with Crippen molar-refractivity contribution in [2.24, 2.45) is 4.99 Å². The van der Waals surface area contributed by atoms with Gasteiger partial charge in [0.15, 0.2) is 11.6 Å². The first kappa shape index (κ1) is 30.9. The molecule has 3 rings (SSSR count). The van der Waals surface area contributed by atoms with Crippen LogP contribution >= 0.6 is 0 Å². The number of nitrogens with zero attached hydrogens (tertiary/aromatic N) is 5. The number of amides is 2. The Morgan fingerprint density at radius 3 is 2.61 bits per heavy atom. The van der Waals surface area contributed by atoms with Gasteiger partial charge in [0, 0.05) is 32.4 Å². The highest BCUT2D eigenvalue weighted by atomic mass is 19.1. The maximum atomic E-state index is 15.9. The number of phenolic OH excluding ortho intramolecular Hbond substituents is 1. The van der Waals surface area contributed by atoms with Crippen LogP contribution in [0.5, 0.6) is 5.75 Å². The number of rotatable bonds is 13. The first-order valence-corrected chi connectivity index (χ1v) is 13.1. The Balaban J connectivity index is 2.40. The number of halogens is 2. The quantitative estimate of drug-likeness (QED) is 0.135. The van der Waals surface area contributed by atoms with Crippen molar-refractivity contribution < 1.29 is 23.5 Å². The van der Waals surface area contributed by atoms with Crippen LogP contribution in [0.3, 0.4) is 0 Å². The molecule has 2 amide bonds. The number of aromatic nitrogens is 2. The molecule has 0 bridgehead atoms. The van der Waals surface area contributed by atoms with Gasteiger partial charge in [0.2, 0.25) is 12.8 Å². The summed E-state index contributed by atoms with van der Waals surface area (Å²) in [4.78, 5) is 40.3. The third-order valence-electron chi connectivity index (χ3n) is 6.62. The number of hydrogen-bond donors (Lipinski definition) is 2. The summed E-state index contributed by atoms with van der Waals surface area (Å²) in [5.41, 5.74) is 0.964. The minimum Gasteiger partial charge on any atom is -0.507 e. The zero-order valence-corrected chi connectivity index (χ0v) is 23.6. The van der Waals surface area contributed by atoms with Gasteiger partial charge >= 0.3 is 0 Å². The Labute approximate surface area is 238 Å². The van der Waals surface area contributed by atoms with Crippen LogP contribution in [0.2, 0.25) is 0 Å².